The fourth-order valence-corrected chi connectivity index (χ4v) is 1.52. The van der Waals surface area contributed by atoms with Crippen LogP contribution in [0.15, 0.2) is 40.8 Å². The smallest absolute Gasteiger partial charge is 0.193 e. The fraction of sp³-hybridized carbons (Fsp3) is 0.167. The highest BCUT2D eigenvalue weighted by molar-refractivity contribution is 6.28. The molecule has 2 rings (SSSR count). The molecule has 1 aromatic carbocycles. The topological polar surface area (TPSA) is 68.6 Å². The third-order valence-corrected chi connectivity index (χ3v) is 2.45. The molecule has 0 bridgehead atoms. The molecule has 3 N–H and O–H groups in total. The predicted octanol–water partition coefficient (Wildman–Crippen LogP) is 2.72. The second-order valence-electron chi connectivity index (χ2n) is 3.53. The van der Waals surface area contributed by atoms with Crippen LogP contribution in [-0.2, 0) is 0 Å². The summed E-state index contributed by atoms with van der Waals surface area (Å²) in [6.07, 6.45) is 0. The lowest BCUT2D eigenvalue weighted by molar-refractivity contribution is 0.262. The number of phenols is 1. The first-order valence-electron chi connectivity index (χ1n) is 5.08. The van der Waals surface area contributed by atoms with Gasteiger partial charge in [-0.1, -0.05) is 12.1 Å². The van der Waals surface area contributed by atoms with Gasteiger partial charge in [-0.15, -0.1) is 0 Å². The zero-order chi connectivity index (χ0) is 12.3. The number of nitrogens with two attached hydrogens (primary N) is 1. The highest BCUT2D eigenvalue weighted by Crippen LogP contribution is 2.26. The first-order valence-corrected chi connectivity index (χ1v) is 5.46. The maximum Gasteiger partial charge on any atom is 0.193 e. The standard InChI is InChI=1S/C12H12ClNO3/c13-12-6-5-10(17-12)8(14)7-16-11-4-2-1-3-9(11)15/h1-6,8,15H,7,14H2. The Kier molecular flexibility index (Phi) is 3.56. The summed E-state index contributed by atoms with van der Waals surface area (Å²) in [7, 11) is 0. The minimum atomic E-state index is -0.429. The number of para-hydroxylation sites is 2. The van der Waals surface area contributed by atoms with Gasteiger partial charge in [0.15, 0.2) is 16.7 Å². The van der Waals surface area contributed by atoms with Crippen molar-refractivity contribution in [2.75, 3.05) is 6.61 Å². The monoisotopic (exact) mass is 253 g/mol. The molecule has 1 heterocycles. The molecule has 1 atom stereocenters. The fourth-order valence-electron chi connectivity index (χ4n) is 1.37. The average Bonchev–Trinajstić information content (AvgIpc) is 2.74. The molecule has 0 aliphatic carbocycles. The third kappa shape index (κ3) is 2.93. The first-order chi connectivity index (χ1) is 8.16. The molecule has 2 aromatic rings. The molecule has 0 spiro atoms. The van der Waals surface area contributed by atoms with Gasteiger partial charge in [0, 0.05) is 0 Å². The van der Waals surface area contributed by atoms with Crippen LogP contribution in [0.5, 0.6) is 11.5 Å². The number of aromatic hydroxyl groups is 1. The Morgan fingerprint density at radius 2 is 2.06 bits per heavy atom. The minimum Gasteiger partial charge on any atom is -0.504 e. The molecule has 0 saturated heterocycles. The maximum atomic E-state index is 9.49. The van der Waals surface area contributed by atoms with E-state index in [1.165, 1.54) is 0 Å². The first kappa shape index (κ1) is 11.8. The Balaban J connectivity index is 1.97. The Morgan fingerprint density at radius 3 is 2.71 bits per heavy atom. The molecule has 0 amide bonds. The molecule has 1 aromatic heterocycles. The highest BCUT2D eigenvalue weighted by atomic mass is 35.5. The number of furan rings is 1. The summed E-state index contributed by atoms with van der Waals surface area (Å²) in [4.78, 5) is 0. The van der Waals surface area contributed by atoms with E-state index >= 15 is 0 Å². The van der Waals surface area contributed by atoms with Crippen molar-refractivity contribution in [3.63, 3.8) is 0 Å². The van der Waals surface area contributed by atoms with Crippen LogP contribution in [0.3, 0.4) is 0 Å². The van der Waals surface area contributed by atoms with Gasteiger partial charge in [0.05, 0.1) is 6.04 Å². The number of halogens is 1. The van der Waals surface area contributed by atoms with E-state index in [1.54, 1.807) is 36.4 Å². The number of hydrogen-bond acceptors (Lipinski definition) is 4. The van der Waals surface area contributed by atoms with Crippen LogP contribution in [0.1, 0.15) is 11.8 Å². The van der Waals surface area contributed by atoms with E-state index in [0.717, 1.165) is 0 Å². The lowest BCUT2D eigenvalue weighted by Crippen LogP contribution is -2.18. The molecule has 0 aliphatic rings. The van der Waals surface area contributed by atoms with Crippen molar-refractivity contribution in [1.29, 1.82) is 0 Å². The molecular weight excluding hydrogens is 242 g/mol. The van der Waals surface area contributed by atoms with E-state index in [4.69, 9.17) is 26.5 Å². The highest BCUT2D eigenvalue weighted by Gasteiger charge is 2.12. The van der Waals surface area contributed by atoms with Gasteiger partial charge in [0.2, 0.25) is 0 Å². The van der Waals surface area contributed by atoms with Crippen molar-refractivity contribution < 1.29 is 14.3 Å². The predicted molar refractivity (Wildman–Crippen MR) is 64.2 cm³/mol. The molecule has 0 radical (unpaired) electrons. The van der Waals surface area contributed by atoms with Crippen molar-refractivity contribution in [1.82, 2.24) is 0 Å². The van der Waals surface area contributed by atoms with Crippen LogP contribution in [0, 0.1) is 0 Å². The number of ether oxygens (including phenoxy) is 1. The van der Waals surface area contributed by atoms with Crippen molar-refractivity contribution in [3.8, 4) is 11.5 Å². The van der Waals surface area contributed by atoms with Crippen LogP contribution in [0.2, 0.25) is 5.22 Å². The molecule has 0 saturated carbocycles. The van der Waals surface area contributed by atoms with Crippen molar-refractivity contribution in [2.45, 2.75) is 6.04 Å². The van der Waals surface area contributed by atoms with Crippen molar-refractivity contribution in [2.24, 2.45) is 5.73 Å². The molecular formula is C12H12ClNO3. The lowest BCUT2D eigenvalue weighted by Gasteiger charge is -2.11. The minimum absolute atomic E-state index is 0.0807. The summed E-state index contributed by atoms with van der Waals surface area (Å²) in [5, 5.41) is 9.78. The van der Waals surface area contributed by atoms with Gasteiger partial charge in [-0.3, -0.25) is 0 Å². The van der Waals surface area contributed by atoms with Gasteiger partial charge in [-0.2, -0.15) is 0 Å². The van der Waals surface area contributed by atoms with E-state index in [9.17, 15) is 5.11 Å². The van der Waals surface area contributed by atoms with E-state index in [2.05, 4.69) is 0 Å². The summed E-state index contributed by atoms with van der Waals surface area (Å²) < 4.78 is 10.5. The SMILES string of the molecule is NC(COc1ccccc1O)c1ccc(Cl)o1. The summed E-state index contributed by atoms with van der Waals surface area (Å²) in [5.74, 6) is 1.02. The number of benzene rings is 1. The van der Waals surface area contributed by atoms with E-state index < -0.39 is 6.04 Å². The van der Waals surface area contributed by atoms with Crippen LogP contribution < -0.4 is 10.5 Å². The van der Waals surface area contributed by atoms with Gasteiger partial charge >= 0.3 is 0 Å². The zero-order valence-corrected chi connectivity index (χ0v) is 9.72. The average molecular weight is 254 g/mol. The van der Waals surface area contributed by atoms with Crippen molar-refractivity contribution >= 4 is 11.6 Å². The number of hydrogen-bond donors (Lipinski definition) is 2. The molecule has 17 heavy (non-hydrogen) atoms. The van der Waals surface area contributed by atoms with Crippen LogP contribution in [0.4, 0.5) is 0 Å². The second kappa shape index (κ2) is 5.12. The Labute approximate surface area is 104 Å². The van der Waals surface area contributed by atoms with Crippen LogP contribution >= 0.6 is 11.6 Å². The van der Waals surface area contributed by atoms with Gasteiger partial charge in [-0.05, 0) is 35.9 Å². The van der Waals surface area contributed by atoms with E-state index in [-0.39, 0.29) is 17.6 Å². The molecule has 90 valence electrons. The molecule has 0 fully saturated rings. The summed E-state index contributed by atoms with van der Waals surface area (Å²) in [6, 6.07) is 9.58. The maximum absolute atomic E-state index is 9.49. The normalized spacial score (nSPS) is 12.4. The van der Waals surface area contributed by atoms with Gasteiger partial charge < -0.3 is 20.0 Å². The summed E-state index contributed by atoms with van der Waals surface area (Å²) >= 11 is 5.64. The number of phenolic OH excluding ortho intramolecular Hbond substituents is 1. The zero-order valence-electron chi connectivity index (χ0n) is 8.97. The molecule has 0 aliphatic heterocycles. The number of rotatable bonds is 4. The lowest BCUT2D eigenvalue weighted by atomic mass is 10.2. The second-order valence-corrected chi connectivity index (χ2v) is 3.90. The Morgan fingerprint density at radius 1 is 1.29 bits per heavy atom. The largest absolute Gasteiger partial charge is 0.504 e. The quantitative estimate of drug-likeness (QED) is 0.879. The van der Waals surface area contributed by atoms with Gasteiger partial charge in [-0.25, -0.2) is 0 Å². The van der Waals surface area contributed by atoms with Crippen LogP contribution in [-0.4, -0.2) is 11.7 Å². The Hall–Kier alpha value is -1.65. The van der Waals surface area contributed by atoms with E-state index in [0.29, 0.717) is 11.5 Å². The summed E-state index contributed by atoms with van der Waals surface area (Å²) in [6.45, 7) is 0.196. The van der Waals surface area contributed by atoms with Gasteiger partial charge in [0.1, 0.15) is 12.4 Å². The summed E-state index contributed by atoms with van der Waals surface area (Å²) in [5.41, 5.74) is 5.85. The molecule has 4 nitrogen and oxygen atoms in total. The van der Waals surface area contributed by atoms with E-state index in [1.807, 2.05) is 0 Å². The third-order valence-electron chi connectivity index (χ3n) is 2.24. The van der Waals surface area contributed by atoms with Gasteiger partial charge in [0.25, 0.3) is 0 Å². The van der Waals surface area contributed by atoms with Crippen molar-refractivity contribution in [3.05, 3.63) is 47.4 Å². The molecule has 5 heteroatoms. The van der Waals surface area contributed by atoms with Crippen LogP contribution in [0.25, 0.3) is 0 Å². The molecule has 1 unspecified atom stereocenters. The Bertz CT molecular complexity index is 498.